The van der Waals surface area contributed by atoms with Gasteiger partial charge in [0.05, 0.1) is 0 Å². The Kier molecular flexibility index (Phi) is 3.37. The molecule has 0 saturated heterocycles. The molecule has 2 rings (SSSR count). The van der Waals surface area contributed by atoms with Crippen LogP contribution in [0, 0.1) is 13.8 Å². The number of rotatable bonds is 2. The number of nitrogens with two attached hydrogens (primary N) is 1. The Morgan fingerprint density at radius 2 is 2.07 bits per heavy atom. The lowest BCUT2D eigenvalue weighted by molar-refractivity contribution is 0.716. The highest BCUT2D eigenvalue weighted by Gasteiger charge is 2.25. The molecule has 0 aromatic heterocycles. The number of hydrogen-bond donors (Lipinski definition) is 1. The van der Waals surface area contributed by atoms with Gasteiger partial charge in [-0.15, -0.1) is 11.8 Å². The largest absolute Gasteiger partial charge is 0.327 e. The molecule has 1 aromatic rings. The molecule has 2 atom stereocenters. The summed E-state index contributed by atoms with van der Waals surface area (Å²) in [5.74, 6) is 0. The minimum absolute atomic E-state index is 0.398. The molecule has 82 valence electrons. The topological polar surface area (TPSA) is 26.0 Å². The van der Waals surface area contributed by atoms with E-state index in [0.29, 0.717) is 11.3 Å². The van der Waals surface area contributed by atoms with Gasteiger partial charge in [0.2, 0.25) is 0 Å². The summed E-state index contributed by atoms with van der Waals surface area (Å²) in [6, 6.07) is 7.06. The molecule has 1 aromatic carbocycles. The molecule has 15 heavy (non-hydrogen) atoms. The van der Waals surface area contributed by atoms with Crippen LogP contribution >= 0.6 is 11.8 Å². The molecule has 2 N–H and O–H groups in total. The van der Waals surface area contributed by atoms with Crippen molar-refractivity contribution >= 4 is 11.8 Å². The first-order chi connectivity index (χ1) is 7.16. The van der Waals surface area contributed by atoms with Crippen molar-refractivity contribution in [1.29, 1.82) is 0 Å². The molecular weight excluding hydrogens is 202 g/mol. The first kappa shape index (κ1) is 11.0. The van der Waals surface area contributed by atoms with Crippen molar-refractivity contribution in [3.8, 4) is 0 Å². The summed E-state index contributed by atoms with van der Waals surface area (Å²) in [5, 5.41) is 0.630. The van der Waals surface area contributed by atoms with Gasteiger partial charge in [0, 0.05) is 16.2 Å². The third-order valence-corrected chi connectivity index (χ3v) is 4.71. The zero-order chi connectivity index (χ0) is 10.8. The second-order valence-corrected chi connectivity index (χ2v) is 5.80. The van der Waals surface area contributed by atoms with Crippen molar-refractivity contribution in [1.82, 2.24) is 0 Å². The second-order valence-electron chi connectivity index (χ2n) is 4.52. The van der Waals surface area contributed by atoms with E-state index in [1.807, 2.05) is 11.8 Å². The Morgan fingerprint density at radius 3 is 2.73 bits per heavy atom. The molecule has 0 amide bonds. The monoisotopic (exact) mass is 221 g/mol. The van der Waals surface area contributed by atoms with Gasteiger partial charge in [-0.2, -0.15) is 0 Å². The highest BCUT2D eigenvalue weighted by atomic mass is 32.2. The molecule has 2 heteroatoms. The molecule has 1 aliphatic rings. The highest BCUT2D eigenvalue weighted by Crippen LogP contribution is 2.35. The van der Waals surface area contributed by atoms with Gasteiger partial charge in [-0.25, -0.2) is 0 Å². The van der Waals surface area contributed by atoms with E-state index in [4.69, 9.17) is 5.73 Å². The van der Waals surface area contributed by atoms with Crippen LogP contribution in [0.15, 0.2) is 23.1 Å². The predicted octanol–water partition coefficient (Wildman–Crippen LogP) is 3.28. The molecule has 0 radical (unpaired) electrons. The Labute approximate surface area is 96.4 Å². The average Bonchev–Trinajstić information content (AvgIpc) is 2.58. The van der Waals surface area contributed by atoms with Gasteiger partial charge in [-0.1, -0.05) is 24.1 Å². The average molecular weight is 221 g/mol. The maximum absolute atomic E-state index is 6.09. The molecule has 0 spiro atoms. The van der Waals surface area contributed by atoms with Gasteiger partial charge in [0.25, 0.3) is 0 Å². The molecule has 2 unspecified atom stereocenters. The van der Waals surface area contributed by atoms with Crippen molar-refractivity contribution in [3.05, 3.63) is 29.3 Å². The lowest BCUT2D eigenvalue weighted by Crippen LogP contribution is -2.26. The minimum Gasteiger partial charge on any atom is -0.327 e. The fourth-order valence-corrected chi connectivity index (χ4v) is 3.53. The Balaban J connectivity index is 2.12. The van der Waals surface area contributed by atoms with Gasteiger partial charge >= 0.3 is 0 Å². The Hall–Kier alpha value is -0.470. The smallest absolute Gasteiger partial charge is 0.0246 e. The quantitative estimate of drug-likeness (QED) is 0.829. The zero-order valence-corrected chi connectivity index (χ0v) is 10.3. The summed E-state index contributed by atoms with van der Waals surface area (Å²) in [6.07, 6.45) is 3.77. The summed E-state index contributed by atoms with van der Waals surface area (Å²) in [5.41, 5.74) is 8.82. The molecule has 1 nitrogen and oxygen atoms in total. The molecule has 0 aliphatic heterocycles. The fourth-order valence-electron chi connectivity index (χ4n) is 2.10. The van der Waals surface area contributed by atoms with Crippen molar-refractivity contribution in [2.24, 2.45) is 5.73 Å². The summed E-state index contributed by atoms with van der Waals surface area (Å²) in [4.78, 5) is 1.41. The molecule has 0 bridgehead atoms. The number of benzene rings is 1. The van der Waals surface area contributed by atoms with Gasteiger partial charge in [0.15, 0.2) is 0 Å². The first-order valence-electron chi connectivity index (χ1n) is 5.66. The van der Waals surface area contributed by atoms with Gasteiger partial charge < -0.3 is 5.73 Å². The second kappa shape index (κ2) is 4.58. The predicted molar refractivity (Wildman–Crippen MR) is 67.4 cm³/mol. The fraction of sp³-hybridized carbons (Fsp3) is 0.538. The Bertz CT molecular complexity index is 348. The molecule has 1 aliphatic carbocycles. The number of aryl methyl sites for hydroxylation is 2. The van der Waals surface area contributed by atoms with Crippen LogP contribution in [0.5, 0.6) is 0 Å². The summed E-state index contributed by atoms with van der Waals surface area (Å²) < 4.78 is 0. The maximum atomic E-state index is 6.09. The van der Waals surface area contributed by atoms with Crippen LogP contribution in [-0.2, 0) is 0 Å². The van der Waals surface area contributed by atoms with E-state index in [2.05, 4.69) is 32.0 Å². The zero-order valence-electron chi connectivity index (χ0n) is 9.49. The van der Waals surface area contributed by atoms with E-state index in [-0.39, 0.29) is 0 Å². The van der Waals surface area contributed by atoms with Crippen molar-refractivity contribution in [2.75, 3.05) is 0 Å². The van der Waals surface area contributed by atoms with Crippen LogP contribution < -0.4 is 5.73 Å². The first-order valence-corrected chi connectivity index (χ1v) is 6.54. The van der Waals surface area contributed by atoms with E-state index in [1.54, 1.807) is 0 Å². The Morgan fingerprint density at radius 1 is 1.27 bits per heavy atom. The van der Waals surface area contributed by atoms with E-state index in [9.17, 15) is 0 Å². The summed E-state index contributed by atoms with van der Waals surface area (Å²) >= 11 is 1.98. The van der Waals surface area contributed by atoms with Gasteiger partial charge in [-0.05, 0) is 38.3 Å². The van der Waals surface area contributed by atoms with E-state index >= 15 is 0 Å². The lowest BCUT2D eigenvalue weighted by Gasteiger charge is -2.16. The SMILES string of the molecule is Cc1ccc(C)c(SC2CCCC2N)c1. The lowest BCUT2D eigenvalue weighted by atomic mass is 10.2. The van der Waals surface area contributed by atoms with Gasteiger partial charge in [-0.3, -0.25) is 0 Å². The van der Waals surface area contributed by atoms with Crippen molar-refractivity contribution in [3.63, 3.8) is 0 Å². The third-order valence-electron chi connectivity index (χ3n) is 3.13. The number of hydrogen-bond acceptors (Lipinski definition) is 2. The van der Waals surface area contributed by atoms with Crippen LogP contribution in [0.1, 0.15) is 30.4 Å². The summed E-state index contributed by atoms with van der Waals surface area (Å²) in [6.45, 7) is 4.33. The van der Waals surface area contributed by atoms with Crippen molar-refractivity contribution < 1.29 is 0 Å². The normalized spacial score (nSPS) is 25.8. The van der Waals surface area contributed by atoms with E-state index < -0.39 is 0 Å². The van der Waals surface area contributed by atoms with Crippen LogP contribution in [0.4, 0.5) is 0 Å². The van der Waals surface area contributed by atoms with Crippen molar-refractivity contribution in [2.45, 2.75) is 49.3 Å². The minimum atomic E-state index is 0.398. The van der Waals surface area contributed by atoms with Gasteiger partial charge in [0.1, 0.15) is 0 Å². The number of thioether (sulfide) groups is 1. The van der Waals surface area contributed by atoms with Crippen LogP contribution in [-0.4, -0.2) is 11.3 Å². The van der Waals surface area contributed by atoms with Crippen LogP contribution in [0.3, 0.4) is 0 Å². The summed E-state index contributed by atoms with van der Waals surface area (Å²) in [7, 11) is 0. The van der Waals surface area contributed by atoms with E-state index in [1.165, 1.54) is 35.3 Å². The van der Waals surface area contributed by atoms with Crippen LogP contribution in [0.25, 0.3) is 0 Å². The molecule has 1 saturated carbocycles. The highest BCUT2D eigenvalue weighted by molar-refractivity contribution is 8.00. The van der Waals surface area contributed by atoms with E-state index in [0.717, 1.165) is 0 Å². The standard InChI is InChI=1S/C13H19NS/c1-9-6-7-10(2)13(8-9)15-12-5-3-4-11(12)14/h6-8,11-12H,3-5,14H2,1-2H3. The molecular formula is C13H19NS. The maximum Gasteiger partial charge on any atom is 0.0246 e. The molecule has 0 heterocycles. The van der Waals surface area contributed by atoms with Crippen LogP contribution in [0.2, 0.25) is 0 Å². The molecule has 1 fully saturated rings. The third kappa shape index (κ3) is 2.56.